The molecule has 78 valence electrons. The van der Waals surface area contributed by atoms with Crippen LogP contribution in [0.4, 0.5) is 0 Å². The van der Waals surface area contributed by atoms with Crippen LogP contribution in [0.5, 0.6) is 0 Å². The van der Waals surface area contributed by atoms with Crippen LogP contribution in [0.3, 0.4) is 0 Å². The first-order chi connectivity index (χ1) is 6.63. The highest BCUT2D eigenvalue weighted by Gasteiger charge is 2.02. The Morgan fingerprint density at radius 3 is 2.93 bits per heavy atom. The molecule has 3 N–H and O–H groups in total. The van der Waals surface area contributed by atoms with Crippen molar-refractivity contribution in [2.24, 2.45) is 5.73 Å². The molecule has 0 saturated carbocycles. The van der Waals surface area contributed by atoms with E-state index in [9.17, 15) is 0 Å². The molecule has 1 atom stereocenters. The Morgan fingerprint density at radius 2 is 2.29 bits per heavy atom. The van der Waals surface area contributed by atoms with E-state index < -0.39 is 0 Å². The molecule has 0 saturated heterocycles. The quantitative estimate of drug-likeness (QED) is 0.835. The van der Waals surface area contributed by atoms with E-state index in [-0.39, 0.29) is 0 Å². The summed E-state index contributed by atoms with van der Waals surface area (Å²) in [5, 5.41) is 4.11. The summed E-state index contributed by atoms with van der Waals surface area (Å²) in [5.41, 5.74) is 6.73. The zero-order chi connectivity index (χ0) is 10.6. The topological polar surface area (TPSA) is 38.0 Å². The second-order valence-corrected chi connectivity index (χ2v) is 4.85. The van der Waals surface area contributed by atoms with Crippen molar-refractivity contribution in [2.45, 2.75) is 19.5 Å². The predicted molar refractivity (Wildman–Crippen MR) is 69.5 cm³/mol. The van der Waals surface area contributed by atoms with Crippen LogP contribution in [0, 0.1) is 3.57 Å². The average Bonchev–Trinajstić information content (AvgIpc) is 2.19. The maximum atomic E-state index is 5.91. The van der Waals surface area contributed by atoms with E-state index in [4.69, 9.17) is 17.3 Å². The van der Waals surface area contributed by atoms with Gasteiger partial charge in [0.2, 0.25) is 0 Å². The minimum Gasteiger partial charge on any atom is -0.329 e. The standard InChI is InChI=1S/C10H14ClIN2/c1-7(5-13)14-6-8-4-9(11)2-3-10(8)12/h2-4,7,14H,5-6,13H2,1H3/t7-/m1/s1. The largest absolute Gasteiger partial charge is 0.329 e. The maximum absolute atomic E-state index is 5.91. The molecule has 2 nitrogen and oxygen atoms in total. The van der Waals surface area contributed by atoms with Crippen molar-refractivity contribution in [2.75, 3.05) is 6.54 Å². The van der Waals surface area contributed by atoms with Crippen molar-refractivity contribution >= 4 is 34.2 Å². The highest BCUT2D eigenvalue weighted by Crippen LogP contribution is 2.17. The van der Waals surface area contributed by atoms with Gasteiger partial charge in [0.05, 0.1) is 0 Å². The molecule has 0 aliphatic heterocycles. The molecule has 0 unspecified atom stereocenters. The lowest BCUT2D eigenvalue weighted by molar-refractivity contribution is 0.555. The SMILES string of the molecule is C[C@H](CN)NCc1cc(Cl)ccc1I. The summed E-state index contributed by atoms with van der Waals surface area (Å²) in [6, 6.07) is 6.25. The molecule has 0 bridgehead atoms. The molecule has 4 heteroatoms. The first-order valence-electron chi connectivity index (χ1n) is 4.51. The van der Waals surface area contributed by atoms with E-state index >= 15 is 0 Å². The lowest BCUT2D eigenvalue weighted by atomic mass is 10.2. The summed E-state index contributed by atoms with van der Waals surface area (Å²) in [6.07, 6.45) is 0. The fourth-order valence-electron chi connectivity index (χ4n) is 1.05. The van der Waals surface area contributed by atoms with E-state index in [0.717, 1.165) is 11.6 Å². The Kier molecular flexibility index (Phi) is 5.15. The Balaban J connectivity index is 2.62. The summed E-state index contributed by atoms with van der Waals surface area (Å²) in [4.78, 5) is 0. The highest BCUT2D eigenvalue weighted by molar-refractivity contribution is 14.1. The van der Waals surface area contributed by atoms with Gasteiger partial charge >= 0.3 is 0 Å². The van der Waals surface area contributed by atoms with Crippen LogP contribution in [0.2, 0.25) is 5.02 Å². The Morgan fingerprint density at radius 1 is 1.57 bits per heavy atom. The average molecular weight is 325 g/mol. The van der Waals surface area contributed by atoms with Crippen LogP contribution >= 0.6 is 34.2 Å². The molecule has 14 heavy (non-hydrogen) atoms. The van der Waals surface area contributed by atoms with Gasteiger partial charge in [-0.15, -0.1) is 0 Å². The predicted octanol–water partition coefficient (Wildman–Crippen LogP) is 2.38. The maximum Gasteiger partial charge on any atom is 0.0409 e. The molecule has 0 spiro atoms. The zero-order valence-electron chi connectivity index (χ0n) is 8.06. The zero-order valence-corrected chi connectivity index (χ0v) is 11.0. The van der Waals surface area contributed by atoms with Gasteiger partial charge in [-0.05, 0) is 53.3 Å². The van der Waals surface area contributed by atoms with Crippen LogP contribution in [-0.4, -0.2) is 12.6 Å². The third-order valence-corrected chi connectivity index (χ3v) is 3.29. The lowest BCUT2D eigenvalue weighted by Crippen LogP contribution is -2.32. The van der Waals surface area contributed by atoms with Gasteiger partial charge in [0.1, 0.15) is 0 Å². The van der Waals surface area contributed by atoms with Gasteiger partial charge < -0.3 is 11.1 Å². The lowest BCUT2D eigenvalue weighted by Gasteiger charge is -2.12. The second-order valence-electron chi connectivity index (χ2n) is 3.25. The fraction of sp³-hybridized carbons (Fsp3) is 0.400. The summed E-state index contributed by atoms with van der Waals surface area (Å²) < 4.78 is 1.23. The molecule has 0 amide bonds. The van der Waals surface area contributed by atoms with Crippen LogP contribution in [0.25, 0.3) is 0 Å². The third kappa shape index (κ3) is 3.73. The number of nitrogens with one attached hydrogen (secondary N) is 1. The van der Waals surface area contributed by atoms with Crippen molar-refractivity contribution in [3.63, 3.8) is 0 Å². The number of benzene rings is 1. The molecule has 0 fully saturated rings. The van der Waals surface area contributed by atoms with Gasteiger partial charge in [-0.1, -0.05) is 11.6 Å². The van der Waals surface area contributed by atoms with E-state index in [1.807, 2.05) is 18.2 Å². The molecule has 0 aromatic heterocycles. The van der Waals surface area contributed by atoms with E-state index in [1.54, 1.807) is 0 Å². The van der Waals surface area contributed by atoms with E-state index in [1.165, 1.54) is 9.13 Å². The van der Waals surface area contributed by atoms with Crippen molar-refractivity contribution in [1.29, 1.82) is 0 Å². The molecule has 0 radical (unpaired) electrons. The summed E-state index contributed by atoms with van der Waals surface area (Å²) in [7, 11) is 0. The van der Waals surface area contributed by atoms with E-state index in [0.29, 0.717) is 12.6 Å². The molecule has 0 aliphatic carbocycles. The third-order valence-electron chi connectivity index (χ3n) is 2.00. The van der Waals surface area contributed by atoms with Crippen molar-refractivity contribution in [3.05, 3.63) is 32.4 Å². The molecule has 0 heterocycles. The van der Waals surface area contributed by atoms with Gasteiger partial charge in [-0.2, -0.15) is 0 Å². The van der Waals surface area contributed by atoms with Crippen molar-refractivity contribution in [1.82, 2.24) is 5.32 Å². The van der Waals surface area contributed by atoms with E-state index in [2.05, 4.69) is 34.8 Å². The summed E-state index contributed by atoms with van der Waals surface area (Å²) in [5.74, 6) is 0. The molecule has 1 rings (SSSR count). The first kappa shape index (κ1) is 12.2. The number of nitrogens with two attached hydrogens (primary N) is 1. The smallest absolute Gasteiger partial charge is 0.0409 e. The molecular formula is C10H14ClIN2. The van der Waals surface area contributed by atoms with Crippen LogP contribution < -0.4 is 11.1 Å². The monoisotopic (exact) mass is 324 g/mol. The Bertz CT molecular complexity index is 304. The van der Waals surface area contributed by atoms with Crippen LogP contribution in [-0.2, 0) is 6.54 Å². The Hall–Kier alpha value is 0.160. The Labute approximate surface area is 103 Å². The summed E-state index contributed by atoms with van der Waals surface area (Å²) in [6.45, 7) is 3.53. The molecule has 1 aromatic rings. The normalized spacial score (nSPS) is 12.9. The molecular weight excluding hydrogens is 310 g/mol. The van der Waals surface area contributed by atoms with Gasteiger partial charge in [0.25, 0.3) is 0 Å². The number of halogens is 2. The minimum absolute atomic E-state index is 0.338. The summed E-state index contributed by atoms with van der Waals surface area (Å²) >= 11 is 8.22. The first-order valence-corrected chi connectivity index (χ1v) is 5.96. The van der Waals surface area contributed by atoms with Crippen LogP contribution in [0.1, 0.15) is 12.5 Å². The van der Waals surface area contributed by atoms with Crippen molar-refractivity contribution < 1.29 is 0 Å². The van der Waals surface area contributed by atoms with Gasteiger partial charge in [-0.25, -0.2) is 0 Å². The highest BCUT2D eigenvalue weighted by atomic mass is 127. The fourth-order valence-corrected chi connectivity index (χ4v) is 1.77. The molecule has 0 aliphatic rings. The minimum atomic E-state index is 0.338. The van der Waals surface area contributed by atoms with Crippen molar-refractivity contribution in [3.8, 4) is 0 Å². The number of hydrogen-bond acceptors (Lipinski definition) is 2. The number of rotatable bonds is 4. The second kappa shape index (κ2) is 5.90. The van der Waals surface area contributed by atoms with Gasteiger partial charge in [0.15, 0.2) is 0 Å². The molecule has 1 aromatic carbocycles. The number of hydrogen-bond donors (Lipinski definition) is 2. The van der Waals surface area contributed by atoms with Gasteiger partial charge in [0, 0.05) is 27.7 Å². The van der Waals surface area contributed by atoms with Crippen LogP contribution in [0.15, 0.2) is 18.2 Å². The van der Waals surface area contributed by atoms with Gasteiger partial charge in [-0.3, -0.25) is 0 Å².